The van der Waals surface area contributed by atoms with Crippen molar-refractivity contribution in [1.29, 1.82) is 0 Å². The number of nitrogens with two attached hydrogens (primary N) is 1. The molecule has 78 valence electrons. The number of rotatable bonds is 2. The maximum atomic E-state index is 5.83. The lowest BCUT2D eigenvalue weighted by atomic mass is 10.2. The van der Waals surface area contributed by atoms with E-state index in [9.17, 15) is 0 Å². The van der Waals surface area contributed by atoms with Crippen LogP contribution < -0.4 is 5.73 Å². The Morgan fingerprint density at radius 2 is 2.27 bits per heavy atom. The van der Waals surface area contributed by atoms with Crippen molar-refractivity contribution in [1.82, 2.24) is 20.2 Å². The molecule has 0 radical (unpaired) electrons. The van der Waals surface area contributed by atoms with Gasteiger partial charge < -0.3 is 5.73 Å². The molecule has 2 N–H and O–H groups in total. The fourth-order valence-corrected chi connectivity index (χ4v) is 1.42. The fraction of sp³-hybridized carbons (Fsp3) is 0.222. The summed E-state index contributed by atoms with van der Waals surface area (Å²) in [6, 6.07) is 5.34. The van der Waals surface area contributed by atoms with Gasteiger partial charge in [-0.3, -0.25) is 0 Å². The minimum absolute atomic E-state index is 0.528. The zero-order valence-electron chi connectivity index (χ0n) is 8.18. The highest BCUT2D eigenvalue weighted by Gasteiger charge is 2.08. The Labute approximate surface area is 91.8 Å². The average molecular weight is 224 g/mol. The van der Waals surface area contributed by atoms with Crippen LogP contribution in [0.15, 0.2) is 18.2 Å². The molecule has 0 bridgehead atoms. The van der Waals surface area contributed by atoms with Crippen LogP contribution in [-0.4, -0.2) is 20.2 Å². The summed E-state index contributed by atoms with van der Waals surface area (Å²) in [5.41, 5.74) is 7.10. The number of aryl methyl sites for hydroxylation is 1. The molecule has 2 rings (SSSR count). The molecule has 6 heteroatoms. The smallest absolute Gasteiger partial charge is 0.182 e. The van der Waals surface area contributed by atoms with E-state index in [0.717, 1.165) is 5.56 Å². The lowest BCUT2D eigenvalue weighted by molar-refractivity contribution is 0.631. The van der Waals surface area contributed by atoms with Crippen LogP contribution in [0.1, 0.15) is 6.92 Å². The largest absolute Gasteiger partial charge is 0.398 e. The van der Waals surface area contributed by atoms with Gasteiger partial charge in [0.25, 0.3) is 0 Å². The van der Waals surface area contributed by atoms with Crippen LogP contribution in [0, 0.1) is 0 Å². The summed E-state index contributed by atoms with van der Waals surface area (Å²) in [6.07, 6.45) is 0. The van der Waals surface area contributed by atoms with Crippen molar-refractivity contribution in [3.63, 3.8) is 0 Å². The SMILES string of the molecule is CCn1nnnc1-c1ccc(Cl)c(N)c1. The lowest BCUT2D eigenvalue weighted by Gasteiger charge is -2.03. The van der Waals surface area contributed by atoms with Crippen LogP contribution in [0.2, 0.25) is 5.02 Å². The highest BCUT2D eigenvalue weighted by Crippen LogP contribution is 2.24. The molecule has 0 aliphatic rings. The summed E-state index contributed by atoms with van der Waals surface area (Å²) in [6.45, 7) is 2.68. The third-order valence-corrected chi connectivity index (χ3v) is 2.43. The minimum Gasteiger partial charge on any atom is -0.398 e. The van der Waals surface area contributed by atoms with Crippen molar-refractivity contribution in [3.8, 4) is 11.4 Å². The van der Waals surface area contributed by atoms with Gasteiger partial charge in [-0.15, -0.1) is 5.10 Å². The Morgan fingerprint density at radius 3 is 2.93 bits per heavy atom. The summed E-state index contributed by atoms with van der Waals surface area (Å²) < 4.78 is 1.70. The third kappa shape index (κ3) is 1.78. The van der Waals surface area contributed by atoms with E-state index in [0.29, 0.717) is 23.1 Å². The number of hydrogen-bond donors (Lipinski definition) is 1. The molecule has 0 aliphatic heterocycles. The first-order valence-corrected chi connectivity index (χ1v) is 4.91. The topological polar surface area (TPSA) is 69.6 Å². The number of anilines is 1. The third-order valence-electron chi connectivity index (χ3n) is 2.09. The molecule has 0 amide bonds. The molecule has 0 saturated carbocycles. The van der Waals surface area contributed by atoms with Gasteiger partial charge in [-0.05, 0) is 35.5 Å². The summed E-state index contributed by atoms with van der Waals surface area (Å²) in [4.78, 5) is 0. The highest BCUT2D eigenvalue weighted by atomic mass is 35.5. The summed E-state index contributed by atoms with van der Waals surface area (Å²) >= 11 is 5.83. The molecule has 5 nitrogen and oxygen atoms in total. The maximum absolute atomic E-state index is 5.83. The molecule has 0 spiro atoms. The van der Waals surface area contributed by atoms with Crippen LogP contribution in [0.4, 0.5) is 5.69 Å². The minimum atomic E-state index is 0.528. The predicted molar refractivity (Wildman–Crippen MR) is 58.3 cm³/mol. The van der Waals surface area contributed by atoms with Crippen LogP contribution in [-0.2, 0) is 6.54 Å². The number of aromatic nitrogens is 4. The van der Waals surface area contributed by atoms with E-state index < -0.39 is 0 Å². The van der Waals surface area contributed by atoms with Crippen molar-refractivity contribution in [2.75, 3.05) is 5.73 Å². The lowest BCUT2D eigenvalue weighted by Crippen LogP contribution is -2.00. The molecule has 15 heavy (non-hydrogen) atoms. The zero-order valence-corrected chi connectivity index (χ0v) is 8.94. The first-order chi connectivity index (χ1) is 7.22. The molecule has 0 fully saturated rings. The van der Waals surface area contributed by atoms with Crippen LogP contribution in [0.5, 0.6) is 0 Å². The fourth-order valence-electron chi connectivity index (χ4n) is 1.31. The molecule has 1 aromatic carbocycles. The van der Waals surface area contributed by atoms with Crippen LogP contribution in [0.25, 0.3) is 11.4 Å². The number of hydrogen-bond acceptors (Lipinski definition) is 4. The predicted octanol–water partition coefficient (Wildman–Crippen LogP) is 1.60. The normalized spacial score (nSPS) is 10.5. The van der Waals surface area contributed by atoms with Gasteiger partial charge in [-0.2, -0.15) is 0 Å². The second kappa shape index (κ2) is 3.86. The molecule has 0 unspecified atom stereocenters. The van der Waals surface area contributed by atoms with Gasteiger partial charge in [-0.25, -0.2) is 4.68 Å². The number of halogens is 1. The van der Waals surface area contributed by atoms with Crippen molar-refractivity contribution in [2.45, 2.75) is 13.5 Å². The van der Waals surface area contributed by atoms with E-state index in [4.69, 9.17) is 17.3 Å². The second-order valence-electron chi connectivity index (χ2n) is 3.05. The monoisotopic (exact) mass is 223 g/mol. The maximum Gasteiger partial charge on any atom is 0.182 e. The van der Waals surface area contributed by atoms with Crippen molar-refractivity contribution in [2.24, 2.45) is 0 Å². The van der Waals surface area contributed by atoms with Crippen molar-refractivity contribution in [3.05, 3.63) is 23.2 Å². The van der Waals surface area contributed by atoms with E-state index in [2.05, 4.69) is 15.5 Å². The summed E-state index contributed by atoms with van der Waals surface area (Å²) in [5, 5.41) is 11.9. The van der Waals surface area contributed by atoms with Gasteiger partial charge in [0, 0.05) is 12.1 Å². The molecule has 0 atom stereocenters. The molecule has 2 aromatic rings. The van der Waals surface area contributed by atoms with Crippen LogP contribution in [0.3, 0.4) is 0 Å². The average Bonchev–Trinajstić information content (AvgIpc) is 2.70. The summed E-state index contributed by atoms with van der Waals surface area (Å²) in [5.74, 6) is 0.695. The molecular weight excluding hydrogens is 214 g/mol. The van der Waals surface area contributed by atoms with E-state index in [1.165, 1.54) is 0 Å². The molecular formula is C9H10ClN5. The Morgan fingerprint density at radius 1 is 1.47 bits per heavy atom. The van der Waals surface area contributed by atoms with E-state index >= 15 is 0 Å². The van der Waals surface area contributed by atoms with E-state index in [1.807, 2.05) is 13.0 Å². The standard InChI is InChI=1S/C9H10ClN5/c1-2-15-9(12-13-14-15)6-3-4-7(10)8(11)5-6/h3-5H,2,11H2,1H3. The Balaban J connectivity index is 2.50. The number of nitrogen functional groups attached to an aromatic ring is 1. The number of benzene rings is 1. The zero-order chi connectivity index (χ0) is 10.8. The van der Waals surface area contributed by atoms with Gasteiger partial charge in [0.1, 0.15) is 0 Å². The molecule has 0 saturated heterocycles. The van der Waals surface area contributed by atoms with Gasteiger partial charge in [0.15, 0.2) is 5.82 Å². The first kappa shape index (κ1) is 9.92. The number of tetrazole rings is 1. The van der Waals surface area contributed by atoms with Crippen molar-refractivity contribution < 1.29 is 0 Å². The summed E-state index contributed by atoms with van der Waals surface area (Å²) in [7, 11) is 0. The van der Waals surface area contributed by atoms with Crippen molar-refractivity contribution >= 4 is 17.3 Å². The quantitative estimate of drug-likeness (QED) is 0.785. The van der Waals surface area contributed by atoms with Crippen LogP contribution >= 0.6 is 11.6 Å². The Hall–Kier alpha value is -1.62. The van der Waals surface area contributed by atoms with Gasteiger partial charge in [0.05, 0.1) is 10.7 Å². The van der Waals surface area contributed by atoms with Gasteiger partial charge in [-0.1, -0.05) is 11.6 Å². The molecule has 1 heterocycles. The van der Waals surface area contributed by atoms with E-state index in [1.54, 1.807) is 16.8 Å². The molecule has 1 aromatic heterocycles. The van der Waals surface area contributed by atoms with Gasteiger partial charge in [0.2, 0.25) is 0 Å². The Kier molecular flexibility index (Phi) is 2.55. The molecule has 0 aliphatic carbocycles. The number of nitrogens with zero attached hydrogens (tertiary/aromatic N) is 4. The van der Waals surface area contributed by atoms with Gasteiger partial charge >= 0.3 is 0 Å². The highest BCUT2D eigenvalue weighted by molar-refractivity contribution is 6.33. The Bertz CT molecular complexity index is 479. The first-order valence-electron chi connectivity index (χ1n) is 4.54. The second-order valence-corrected chi connectivity index (χ2v) is 3.46. The van der Waals surface area contributed by atoms with E-state index in [-0.39, 0.29) is 0 Å².